The minimum absolute atomic E-state index is 0.137. The van der Waals surface area contributed by atoms with Crippen LogP contribution in [0.5, 0.6) is 11.5 Å². The molecule has 0 spiro atoms. The topological polar surface area (TPSA) is 71.1 Å². The molecule has 0 unspecified atom stereocenters. The van der Waals surface area contributed by atoms with E-state index in [1.807, 2.05) is 0 Å². The van der Waals surface area contributed by atoms with Crippen LogP contribution in [0.15, 0.2) is 12.2 Å². The molecule has 208 valence electrons. The fraction of sp³-hybridized carbons (Fsp3) is 0.273. The van der Waals surface area contributed by atoms with Crippen molar-refractivity contribution >= 4 is 11.9 Å². The van der Waals surface area contributed by atoms with Gasteiger partial charge in [-0.15, -0.1) is 0 Å². The third-order valence-electron chi connectivity index (χ3n) is 4.27. The first-order chi connectivity index (χ1) is 17.9. The van der Waals surface area contributed by atoms with Gasteiger partial charge in [-0.25, -0.2) is 26.3 Å². The molecule has 0 aliphatic carbocycles. The Labute approximate surface area is 206 Å². The van der Waals surface area contributed by atoms with Crippen molar-refractivity contribution in [2.24, 2.45) is 0 Å². The highest BCUT2D eigenvalue weighted by atomic mass is 19.2. The van der Waals surface area contributed by atoms with Gasteiger partial charge in [-0.2, -0.15) is 17.6 Å². The molecule has 0 fully saturated rings. The van der Waals surface area contributed by atoms with Gasteiger partial charge in [0.05, 0.1) is 39.3 Å². The summed E-state index contributed by atoms with van der Waals surface area (Å²) >= 11 is 0. The summed E-state index contributed by atoms with van der Waals surface area (Å²) in [6.45, 7) is -1.02. The van der Waals surface area contributed by atoms with Crippen LogP contribution in [0.3, 0.4) is 0 Å². The van der Waals surface area contributed by atoms with Crippen LogP contribution in [0.1, 0.15) is 12.8 Å². The Hall–Kier alpha value is -3.66. The molecule has 0 saturated heterocycles. The summed E-state index contributed by atoms with van der Waals surface area (Å²) < 4.78 is 150. The van der Waals surface area contributed by atoms with Crippen LogP contribution in [0, 0.1) is 58.2 Å². The number of carbonyl (C=O) groups is 2. The lowest BCUT2D eigenvalue weighted by atomic mass is 10.2. The summed E-state index contributed by atoms with van der Waals surface area (Å²) in [5.41, 5.74) is 0. The van der Waals surface area contributed by atoms with Gasteiger partial charge < -0.3 is 18.9 Å². The number of hydrogen-bond donors (Lipinski definition) is 0. The SMILES string of the molecule is O=C(CCOCC=CCOCCC(=O)Oc1c(F)c(F)c(F)c(F)c1F)Oc1c(F)c(F)c(F)c(F)c1F. The minimum atomic E-state index is -2.41. The third kappa shape index (κ3) is 7.44. The van der Waals surface area contributed by atoms with Crippen molar-refractivity contribution in [2.45, 2.75) is 12.8 Å². The molecule has 2 rings (SSSR count). The van der Waals surface area contributed by atoms with E-state index >= 15 is 0 Å². The van der Waals surface area contributed by atoms with Crippen molar-refractivity contribution in [3.63, 3.8) is 0 Å². The lowest BCUT2D eigenvalue weighted by Gasteiger charge is -2.09. The smallest absolute Gasteiger partial charge is 0.313 e. The average molecular weight is 564 g/mol. The predicted octanol–water partition coefficient (Wildman–Crippen LogP) is 4.96. The van der Waals surface area contributed by atoms with Crippen LogP contribution in [-0.2, 0) is 19.1 Å². The number of benzene rings is 2. The highest BCUT2D eigenvalue weighted by molar-refractivity contribution is 5.73. The van der Waals surface area contributed by atoms with E-state index in [1.165, 1.54) is 12.2 Å². The van der Waals surface area contributed by atoms with Crippen LogP contribution < -0.4 is 9.47 Å². The van der Waals surface area contributed by atoms with Gasteiger partial charge in [-0.1, -0.05) is 12.2 Å². The monoisotopic (exact) mass is 564 g/mol. The zero-order valence-electron chi connectivity index (χ0n) is 18.6. The predicted molar refractivity (Wildman–Crippen MR) is 104 cm³/mol. The summed E-state index contributed by atoms with van der Waals surface area (Å²) in [4.78, 5) is 23.1. The molecular formula is C22H14F10O6. The largest absolute Gasteiger partial charge is 0.420 e. The van der Waals surface area contributed by atoms with E-state index in [2.05, 4.69) is 9.47 Å². The standard InChI is InChI=1S/C22H14F10O6/c23-11-13(25)17(29)21(18(30)14(11)26)37-9(33)3-7-35-5-1-2-6-36-8-4-10(34)38-22-19(31)15(27)12(24)16(28)20(22)32/h1-2H,3-8H2. The van der Waals surface area contributed by atoms with Gasteiger partial charge in [0.2, 0.25) is 69.7 Å². The number of ether oxygens (including phenoxy) is 4. The molecule has 38 heavy (non-hydrogen) atoms. The van der Waals surface area contributed by atoms with Crippen molar-refractivity contribution in [2.75, 3.05) is 26.4 Å². The van der Waals surface area contributed by atoms with E-state index in [1.54, 1.807) is 0 Å². The Kier molecular flexibility index (Phi) is 11.1. The second kappa shape index (κ2) is 13.8. The maximum absolute atomic E-state index is 13.4. The molecule has 2 aromatic carbocycles. The normalized spacial score (nSPS) is 11.3. The molecule has 0 heterocycles. The van der Waals surface area contributed by atoms with E-state index in [4.69, 9.17) is 9.47 Å². The Morgan fingerprint density at radius 2 is 0.737 bits per heavy atom. The number of carbonyl (C=O) groups excluding carboxylic acids is 2. The van der Waals surface area contributed by atoms with Crippen molar-refractivity contribution < 1.29 is 72.4 Å². The van der Waals surface area contributed by atoms with Gasteiger partial charge in [0.15, 0.2) is 0 Å². The molecule has 2 aromatic rings. The number of hydrogen-bond acceptors (Lipinski definition) is 6. The van der Waals surface area contributed by atoms with Crippen molar-refractivity contribution in [1.82, 2.24) is 0 Å². The number of halogens is 10. The summed E-state index contributed by atoms with van der Waals surface area (Å²) in [6.07, 6.45) is 1.47. The molecular weight excluding hydrogens is 550 g/mol. The van der Waals surface area contributed by atoms with Gasteiger partial charge in [0.25, 0.3) is 0 Å². The van der Waals surface area contributed by atoms with E-state index in [0.717, 1.165) is 0 Å². The zero-order chi connectivity index (χ0) is 28.6. The Bertz CT molecular complexity index is 1080. The van der Waals surface area contributed by atoms with Crippen LogP contribution in [0.4, 0.5) is 43.9 Å². The second-order valence-electron chi connectivity index (χ2n) is 6.87. The average Bonchev–Trinajstić information content (AvgIpc) is 2.90. The van der Waals surface area contributed by atoms with E-state index in [9.17, 15) is 53.5 Å². The first-order valence-corrected chi connectivity index (χ1v) is 10.1. The van der Waals surface area contributed by atoms with Gasteiger partial charge in [-0.3, -0.25) is 9.59 Å². The van der Waals surface area contributed by atoms with Crippen LogP contribution in [0.25, 0.3) is 0 Å². The molecule has 0 bridgehead atoms. The summed E-state index contributed by atoms with van der Waals surface area (Å²) in [7, 11) is 0. The van der Waals surface area contributed by atoms with E-state index in [0.29, 0.717) is 0 Å². The lowest BCUT2D eigenvalue weighted by molar-refractivity contribution is -0.136. The van der Waals surface area contributed by atoms with Gasteiger partial charge in [-0.05, 0) is 0 Å². The second-order valence-corrected chi connectivity index (χ2v) is 6.87. The van der Waals surface area contributed by atoms with Gasteiger partial charge >= 0.3 is 11.9 Å². The van der Waals surface area contributed by atoms with Crippen LogP contribution >= 0.6 is 0 Å². The quantitative estimate of drug-likeness (QED) is 0.0691. The first kappa shape index (κ1) is 30.6. The van der Waals surface area contributed by atoms with Gasteiger partial charge in [0, 0.05) is 0 Å². The van der Waals surface area contributed by atoms with Crippen LogP contribution in [-0.4, -0.2) is 38.4 Å². The number of rotatable bonds is 12. The molecule has 0 radical (unpaired) electrons. The first-order valence-electron chi connectivity index (χ1n) is 10.1. The molecule has 0 aromatic heterocycles. The molecule has 0 aliphatic rings. The molecule has 0 N–H and O–H groups in total. The fourth-order valence-corrected chi connectivity index (χ4v) is 2.43. The molecule has 0 saturated carbocycles. The zero-order valence-corrected chi connectivity index (χ0v) is 18.6. The molecule has 0 aliphatic heterocycles. The van der Waals surface area contributed by atoms with Gasteiger partial charge in [0.1, 0.15) is 0 Å². The van der Waals surface area contributed by atoms with Crippen molar-refractivity contribution in [3.05, 3.63) is 70.3 Å². The third-order valence-corrected chi connectivity index (χ3v) is 4.27. The molecule has 0 atom stereocenters. The van der Waals surface area contributed by atoms with Crippen molar-refractivity contribution in [1.29, 1.82) is 0 Å². The summed E-state index contributed by atoms with van der Waals surface area (Å²) in [6, 6.07) is 0. The van der Waals surface area contributed by atoms with Crippen LogP contribution in [0.2, 0.25) is 0 Å². The molecule has 0 amide bonds. The lowest BCUT2D eigenvalue weighted by Crippen LogP contribution is -2.15. The number of esters is 2. The Morgan fingerprint density at radius 3 is 1.03 bits per heavy atom. The molecule has 16 heteroatoms. The summed E-state index contributed by atoms with van der Waals surface area (Å²) in [5.74, 6) is -29.4. The minimum Gasteiger partial charge on any atom is -0.420 e. The highest BCUT2D eigenvalue weighted by Gasteiger charge is 2.29. The summed E-state index contributed by atoms with van der Waals surface area (Å²) in [5, 5.41) is 0. The molecule has 6 nitrogen and oxygen atoms in total. The van der Waals surface area contributed by atoms with E-state index in [-0.39, 0.29) is 26.4 Å². The Balaban J connectivity index is 1.64. The fourth-order valence-electron chi connectivity index (χ4n) is 2.43. The maximum Gasteiger partial charge on any atom is 0.313 e. The highest BCUT2D eigenvalue weighted by Crippen LogP contribution is 2.30. The Morgan fingerprint density at radius 1 is 0.474 bits per heavy atom. The van der Waals surface area contributed by atoms with Crippen molar-refractivity contribution in [3.8, 4) is 11.5 Å². The van der Waals surface area contributed by atoms with E-state index < -0.39 is 94.5 Å². The maximum atomic E-state index is 13.4.